The highest BCUT2D eigenvalue weighted by atomic mass is 79.9. The smallest absolute Gasteiger partial charge is 0.342 e. The van der Waals surface area contributed by atoms with E-state index in [1.807, 2.05) is 36.4 Å². The Kier molecular flexibility index (Phi) is 4.98. The fourth-order valence-corrected chi connectivity index (χ4v) is 3.09. The number of carbonyl (C=O) groups is 1. The van der Waals surface area contributed by atoms with Crippen molar-refractivity contribution < 1.29 is 14.3 Å². The number of carbonyl (C=O) groups excluding carboxylic acids is 1. The highest BCUT2D eigenvalue weighted by Crippen LogP contribution is 2.27. The van der Waals surface area contributed by atoms with Gasteiger partial charge >= 0.3 is 5.97 Å². The zero-order chi connectivity index (χ0) is 14.5. The van der Waals surface area contributed by atoms with Gasteiger partial charge in [0.1, 0.15) is 11.3 Å². The second-order valence-corrected chi connectivity index (χ2v) is 6.39. The van der Waals surface area contributed by atoms with Crippen LogP contribution in [-0.4, -0.2) is 20.2 Å². The summed E-state index contributed by atoms with van der Waals surface area (Å²) in [5.41, 5.74) is 1.20. The zero-order valence-corrected chi connectivity index (χ0v) is 13.5. The SMILES string of the molecule is COC(=O)c1c(C=Cc2ccc(Br)s2)cccc1OC. The average Bonchev–Trinajstić information content (AvgIpc) is 2.89. The van der Waals surface area contributed by atoms with Crippen LogP contribution >= 0.6 is 27.3 Å². The maximum atomic E-state index is 11.9. The van der Waals surface area contributed by atoms with Crippen LogP contribution in [0.25, 0.3) is 12.2 Å². The summed E-state index contributed by atoms with van der Waals surface area (Å²) >= 11 is 5.04. The first kappa shape index (κ1) is 14.8. The van der Waals surface area contributed by atoms with Crippen LogP contribution in [0.5, 0.6) is 5.75 Å². The Morgan fingerprint density at radius 3 is 2.60 bits per heavy atom. The first-order chi connectivity index (χ1) is 9.65. The molecule has 20 heavy (non-hydrogen) atoms. The number of ether oxygens (including phenoxy) is 2. The molecule has 1 aromatic carbocycles. The number of benzene rings is 1. The van der Waals surface area contributed by atoms with Crippen LogP contribution in [0.4, 0.5) is 0 Å². The van der Waals surface area contributed by atoms with Crippen molar-refractivity contribution >= 4 is 45.4 Å². The maximum Gasteiger partial charge on any atom is 0.342 e. The molecule has 0 spiro atoms. The van der Waals surface area contributed by atoms with E-state index in [0.717, 1.165) is 14.2 Å². The highest BCUT2D eigenvalue weighted by molar-refractivity contribution is 9.11. The predicted molar refractivity (Wildman–Crippen MR) is 85.3 cm³/mol. The van der Waals surface area contributed by atoms with Crippen LogP contribution < -0.4 is 4.74 Å². The summed E-state index contributed by atoms with van der Waals surface area (Å²) in [6.45, 7) is 0. The van der Waals surface area contributed by atoms with E-state index in [9.17, 15) is 4.79 Å². The third-order valence-corrected chi connectivity index (χ3v) is 4.28. The molecule has 0 radical (unpaired) electrons. The predicted octanol–water partition coefficient (Wildman–Crippen LogP) is 4.48. The van der Waals surface area contributed by atoms with E-state index in [2.05, 4.69) is 15.9 Å². The van der Waals surface area contributed by atoms with Gasteiger partial charge < -0.3 is 9.47 Å². The van der Waals surface area contributed by atoms with Crippen molar-refractivity contribution in [2.45, 2.75) is 0 Å². The molecule has 5 heteroatoms. The highest BCUT2D eigenvalue weighted by Gasteiger charge is 2.16. The Bertz CT molecular complexity index is 646. The largest absolute Gasteiger partial charge is 0.496 e. The van der Waals surface area contributed by atoms with Gasteiger partial charge in [-0.1, -0.05) is 18.2 Å². The van der Waals surface area contributed by atoms with Crippen molar-refractivity contribution in [3.8, 4) is 5.75 Å². The lowest BCUT2D eigenvalue weighted by atomic mass is 10.1. The summed E-state index contributed by atoms with van der Waals surface area (Å²) in [4.78, 5) is 13.0. The van der Waals surface area contributed by atoms with E-state index >= 15 is 0 Å². The van der Waals surface area contributed by atoms with Gasteiger partial charge in [-0.2, -0.15) is 0 Å². The Morgan fingerprint density at radius 1 is 1.20 bits per heavy atom. The Labute approximate surface area is 130 Å². The van der Waals surface area contributed by atoms with Gasteiger partial charge in [-0.25, -0.2) is 4.79 Å². The van der Waals surface area contributed by atoms with Crippen molar-refractivity contribution in [3.05, 3.63) is 50.1 Å². The fourth-order valence-electron chi connectivity index (χ4n) is 1.77. The number of hydrogen-bond donors (Lipinski definition) is 0. The molecule has 0 atom stereocenters. The standard InChI is InChI=1S/C15H13BrO3S/c1-18-12-5-3-4-10(14(12)15(17)19-2)6-7-11-8-9-13(16)20-11/h3-9H,1-2H3. The molecule has 104 valence electrons. The molecule has 0 saturated carbocycles. The monoisotopic (exact) mass is 352 g/mol. The van der Waals surface area contributed by atoms with Crippen molar-refractivity contribution in [3.63, 3.8) is 0 Å². The van der Waals surface area contributed by atoms with Crippen molar-refractivity contribution in [1.82, 2.24) is 0 Å². The number of rotatable bonds is 4. The zero-order valence-electron chi connectivity index (χ0n) is 11.1. The Balaban J connectivity index is 2.40. The molecule has 0 aliphatic heterocycles. The number of thiophene rings is 1. The van der Waals surface area contributed by atoms with E-state index in [1.54, 1.807) is 17.4 Å². The van der Waals surface area contributed by atoms with Crippen molar-refractivity contribution in [1.29, 1.82) is 0 Å². The third-order valence-electron chi connectivity index (χ3n) is 2.69. The third kappa shape index (κ3) is 3.29. The first-order valence-electron chi connectivity index (χ1n) is 5.84. The summed E-state index contributed by atoms with van der Waals surface area (Å²) in [6, 6.07) is 9.43. The van der Waals surface area contributed by atoms with Gasteiger partial charge in [0.2, 0.25) is 0 Å². The van der Waals surface area contributed by atoms with Crippen LogP contribution in [0.1, 0.15) is 20.8 Å². The molecule has 0 amide bonds. The van der Waals surface area contributed by atoms with E-state index < -0.39 is 5.97 Å². The van der Waals surface area contributed by atoms with Gasteiger partial charge in [0.25, 0.3) is 0 Å². The van der Waals surface area contributed by atoms with Gasteiger partial charge in [-0.15, -0.1) is 11.3 Å². The molecule has 0 saturated heterocycles. The molecular formula is C15H13BrO3S. The summed E-state index contributed by atoms with van der Waals surface area (Å²) in [6.07, 6.45) is 3.84. The van der Waals surface area contributed by atoms with Gasteiger partial charge in [0.05, 0.1) is 18.0 Å². The lowest BCUT2D eigenvalue weighted by Gasteiger charge is -2.09. The van der Waals surface area contributed by atoms with Crippen LogP contribution in [0.15, 0.2) is 34.1 Å². The van der Waals surface area contributed by atoms with Crippen LogP contribution in [0, 0.1) is 0 Å². The molecule has 0 bridgehead atoms. The van der Waals surface area contributed by atoms with Crippen molar-refractivity contribution in [2.24, 2.45) is 0 Å². The molecule has 1 heterocycles. The van der Waals surface area contributed by atoms with E-state index in [1.165, 1.54) is 14.2 Å². The van der Waals surface area contributed by atoms with Gasteiger partial charge in [0, 0.05) is 4.88 Å². The topological polar surface area (TPSA) is 35.5 Å². The molecule has 0 aliphatic carbocycles. The summed E-state index contributed by atoms with van der Waals surface area (Å²) in [7, 11) is 2.89. The first-order valence-corrected chi connectivity index (χ1v) is 7.45. The lowest BCUT2D eigenvalue weighted by molar-refractivity contribution is 0.0597. The Hall–Kier alpha value is -1.59. The van der Waals surface area contributed by atoms with Crippen LogP contribution in [0.2, 0.25) is 0 Å². The minimum atomic E-state index is -0.408. The van der Waals surface area contributed by atoms with Crippen LogP contribution in [0.3, 0.4) is 0 Å². The van der Waals surface area contributed by atoms with E-state index in [-0.39, 0.29) is 0 Å². The fraction of sp³-hybridized carbons (Fsp3) is 0.133. The van der Waals surface area contributed by atoms with Gasteiger partial charge in [-0.3, -0.25) is 0 Å². The average molecular weight is 353 g/mol. The van der Waals surface area contributed by atoms with Crippen LogP contribution in [-0.2, 0) is 4.74 Å². The summed E-state index contributed by atoms with van der Waals surface area (Å²) in [5.74, 6) is 0.0980. The molecule has 1 aromatic heterocycles. The number of methoxy groups -OCH3 is 2. The second-order valence-electron chi connectivity index (χ2n) is 3.89. The summed E-state index contributed by atoms with van der Waals surface area (Å²) < 4.78 is 11.1. The Morgan fingerprint density at radius 2 is 2.00 bits per heavy atom. The van der Waals surface area contributed by atoms with E-state index in [4.69, 9.17) is 9.47 Å². The quantitative estimate of drug-likeness (QED) is 0.761. The maximum absolute atomic E-state index is 11.9. The number of hydrogen-bond acceptors (Lipinski definition) is 4. The molecule has 0 aliphatic rings. The molecule has 0 fully saturated rings. The molecular weight excluding hydrogens is 340 g/mol. The van der Waals surface area contributed by atoms with Crippen molar-refractivity contribution in [2.75, 3.05) is 14.2 Å². The van der Waals surface area contributed by atoms with Gasteiger partial charge in [-0.05, 0) is 45.8 Å². The van der Waals surface area contributed by atoms with E-state index in [0.29, 0.717) is 11.3 Å². The molecule has 0 N–H and O–H groups in total. The molecule has 0 unspecified atom stereocenters. The normalized spacial score (nSPS) is 10.8. The molecule has 2 aromatic rings. The minimum absolute atomic E-state index is 0.408. The second kappa shape index (κ2) is 6.72. The summed E-state index contributed by atoms with van der Waals surface area (Å²) in [5, 5.41) is 0. The molecule has 2 rings (SSSR count). The molecule has 3 nitrogen and oxygen atoms in total. The lowest BCUT2D eigenvalue weighted by Crippen LogP contribution is -2.06. The van der Waals surface area contributed by atoms with Gasteiger partial charge in [0.15, 0.2) is 0 Å². The number of halogens is 1. The minimum Gasteiger partial charge on any atom is -0.496 e. The number of esters is 1.